The van der Waals surface area contributed by atoms with Crippen LogP contribution >= 0.6 is 11.6 Å². The van der Waals surface area contributed by atoms with Crippen LogP contribution in [0.4, 0.5) is 11.4 Å². The van der Waals surface area contributed by atoms with Crippen LogP contribution in [0.3, 0.4) is 0 Å². The second kappa shape index (κ2) is 10.1. The Morgan fingerprint density at radius 3 is 2.74 bits per heavy atom. The molecular weight excluding hydrogens is 422 g/mol. The quantitative estimate of drug-likeness (QED) is 0.383. The second-order valence-electron chi connectivity index (χ2n) is 7.02. The molecule has 1 N–H and O–H groups in total. The number of aromatic nitrogens is 2. The van der Waals surface area contributed by atoms with Gasteiger partial charge in [0, 0.05) is 6.07 Å². The second-order valence-corrected chi connectivity index (χ2v) is 7.42. The van der Waals surface area contributed by atoms with Crippen LogP contribution in [0.25, 0.3) is 11.5 Å². The number of aryl methyl sites for hydroxylation is 1. The summed E-state index contributed by atoms with van der Waals surface area (Å²) in [6.07, 6.45) is 0.795. The van der Waals surface area contributed by atoms with Crippen LogP contribution in [0.1, 0.15) is 24.8 Å². The molecule has 9 nitrogen and oxygen atoms in total. The Kier molecular flexibility index (Phi) is 7.32. The highest BCUT2D eigenvalue weighted by Crippen LogP contribution is 2.27. The predicted molar refractivity (Wildman–Crippen MR) is 117 cm³/mol. The fourth-order valence-electron chi connectivity index (χ4n) is 3.07. The number of hydrogen-bond donors (Lipinski definition) is 1. The SMILES string of the molecule is CCCN(CC(=O)Nc1ccc(C)cc1[N+](=O)[O-])Cc1nnc(-c2ccccc2Cl)o1. The van der Waals surface area contributed by atoms with Crippen molar-refractivity contribution >= 4 is 28.9 Å². The lowest BCUT2D eigenvalue weighted by atomic mass is 10.2. The molecule has 1 amide bonds. The van der Waals surface area contributed by atoms with Gasteiger partial charge in [-0.1, -0.05) is 36.7 Å². The Hall–Kier alpha value is -3.30. The van der Waals surface area contributed by atoms with E-state index in [2.05, 4.69) is 15.5 Å². The first-order valence-electron chi connectivity index (χ1n) is 9.72. The van der Waals surface area contributed by atoms with E-state index < -0.39 is 4.92 Å². The molecule has 0 saturated carbocycles. The first-order valence-corrected chi connectivity index (χ1v) is 10.1. The number of amides is 1. The molecule has 2 aromatic carbocycles. The third-order valence-electron chi connectivity index (χ3n) is 4.46. The van der Waals surface area contributed by atoms with Crippen LogP contribution in [-0.2, 0) is 11.3 Å². The number of nitrogens with one attached hydrogen (secondary N) is 1. The Balaban J connectivity index is 1.69. The molecule has 1 heterocycles. The van der Waals surface area contributed by atoms with Crippen molar-refractivity contribution in [2.24, 2.45) is 0 Å². The molecule has 0 fully saturated rings. The topological polar surface area (TPSA) is 114 Å². The number of carbonyl (C=O) groups excluding carboxylic acids is 1. The first-order chi connectivity index (χ1) is 14.9. The number of nitrogens with zero attached hydrogens (tertiary/aromatic N) is 4. The predicted octanol–water partition coefficient (Wildman–Crippen LogP) is 4.46. The van der Waals surface area contributed by atoms with E-state index in [1.54, 1.807) is 25.1 Å². The van der Waals surface area contributed by atoms with Crippen molar-refractivity contribution < 1.29 is 14.1 Å². The summed E-state index contributed by atoms with van der Waals surface area (Å²) < 4.78 is 5.72. The average molecular weight is 444 g/mol. The molecule has 0 aliphatic heterocycles. The molecular formula is C21H22ClN5O4. The van der Waals surface area contributed by atoms with Gasteiger partial charge in [-0.2, -0.15) is 0 Å². The molecule has 0 unspecified atom stereocenters. The number of halogens is 1. The summed E-state index contributed by atoms with van der Waals surface area (Å²) in [4.78, 5) is 25.2. The van der Waals surface area contributed by atoms with Crippen molar-refractivity contribution in [2.45, 2.75) is 26.8 Å². The van der Waals surface area contributed by atoms with Gasteiger partial charge in [-0.3, -0.25) is 19.8 Å². The van der Waals surface area contributed by atoms with E-state index in [-0.39, 0.29) is 30.4 Å². The van der Waals surface area contributed by atoms with Crippen molar-refractivity contribution in [3.05, 3.63) is 69.1 Å². The third-order valence-corrected chi connectivity index (χ3v) is 4.79. The molecule has 0 atom stereocenters. The fourth-order valence-corrected chi connectivity index (χ4v) is 3.29. The lowest BCUT2D eigenvalue weighted by molar-refractivity contribution is -0.384. The van der Waals surface area contributed by atoms with E-state index in [0.717, 1.165) is 12.0 Å². The van der Waals surface area contributed by atoms with Crippen molar-refractivity contribution in [1.29, 1.82) is 0 Å². The van der Waals surface area contributed by atoms with Crippen LogP contribution < -0.4 is 5.32 Å². The molecule has 0 bridgehead atoms. The molecule has 3 rings (SSSR count). The van der Waals surface area contributed by atoms with Gasteiger partial charge in [0.05, 0.1) is 28.6 Å². The van der Waals surface area contributed by atoms with Crippen LogP contribution in [0.15, 0.2) is 46.9 Å². The zero-order chi connectivity index (χ0) is 22.4. The van der Waals surface area contributed by atoms with Crippen LogP contribution in [0.5, 0.6) is 0 Å². The smallest absolute Gasteiger partial charge is 0.293 e. The molecule has 3 aromatic rings. The Labute approximate surface area is 184 Å². The maximum atomic E-state index is 12.6. The molecule has 0 aliphatic carbocycles. The van der Waals surface area contributed by atoms with Crippen LogP contribution in [0.2, 0.25) is 5.02 Å². The minimum Gasteiger partial charge on any atom is -0.419 e. The number of benzene rings is 2. The molecule has 0 aliphatic rings. The van der Waals surface area contributed by atoms with Gasteiger partial charge >= 0.3 is 0 Å². The standard InChI is InChI=1S/C21H22ClN5O4/c1-3-10-26(12-19(28)23-17-9-8-14(2)11-18(17)27(29)30)13-20-24-25-21(31-20)15-6-4-5-7-16(15)22/h4-9,11H,3,10,12-13H2,1-2H3,(H,23,28). The zero-order valence-electron chi connectivity index (χ0n) is 17.2. The van der Waals surface area contributed by atoms with Gasteiger partial charge < -0.3 is 9.73 Å². The number of carbonyl (C=O) groups is 1. The summed E-state index contributed by atoms with van der Waals surface area (Å²) in [6, 6.07) is 11.8. The number of hydrogen-bond acceptors (Lipinski definition) is 7. The Morgan fingerprint density at radius 2 is 2.03 bits per heavy atom. The maximum absolute atomic E-state index is 12.6. The van der Waals surface area contributed by atoms with Gasteiger partial charge in [0.25, 0.3) is 5.69 Å². The monoisotopic (exact) mass is 443 g/mol. The minimum absolute atomic E-state index is 0.0165. The lowest BCUT2D eigenvalue weighted by Crippen LogP contribution is -2.33. The molecule has 0 saturated heterocycles. The van der Waals surface area contributed by atoms with E-state index in [1.807, 2.05) is 24.0 Å². The Bertz CT molecular complexity index is 1090. The largest absolute Gasteiger partial charge is 0.419 e. The van der Waals surface area contributed by atoms with Crippen molar-refractivity contribution in [3.63, 3.8) is 0 Å². The molecule has 1 aromatic heterocycles. The Morgan fingerprint density at radius 1 is 1.26 bits per heavy atom. The summed E-state index contributed by atoms with van der Waals surface area (Å²) >= 11 is 6.18. The zero-order valence-corrected chi connectivity index (χ0v) is 17.9. The number of anilines is 1. The van der Waals surface area contributed by atoms with Crippen molar-refractivity contribution in [3.8, 4) is 11.5 Å². The minimum atomic E-state index is -0.513. The van der Waals surface area contributed by atoms with Gasteiger partial charge in [-0.25, -0.2) is 0 Å². The van der Waals surface area contributed by atoms with Gasteiger partial charge in [-0.05, 0) is 43.7 Å². The highest BCUT2D eigenvalue weighted by molar-refractivity contribution is 6.33. The van der Waals surface area contributed by atoms with E-state index in [1.165, 1.54) is 12.1 Å². The highest BCUT2D eigenvalue weighted by Gasteiger charge is 2.19. The molecule has 31 heavy (non-hydrogen) atoms. The summed E-state index contributed by atoms with van der Waals surface area (Å²) in [5.41, 5.74) is 1.39. The number of rotatable bonds is 9. The molecule has 10 heteroatoms. The van der Waals surface area contributed by atoms with Crippen LogP contribution in [0, 0.1) is 17.0 Å². The number of nitro groups is 1. The summed E-state index contributed by atoms with van der Waals surface area (Å²) in [7, 11) is 0. The lowest BCUT2D eigenvalue weighted by Gasteiger charge is -2.19. The molecule has 0 spiro atoms. The van der Waals surface area contributed by atoms with Crippen molar-refractivity contribution in [1.82, 2.24) is 15.1 Å². The van der Waals surface area contributed by atoms with Gasteiger partial charge in [0.15, 0.2) is 0 Å². The van der Waals surface area contributed by atoms with Gasteiger partial charge in [0.1, 0.15) is 5.69 Å². The average Bonchev–Trinajstić information content (AvgIpc) is 3.18. The first kappa shape index (κ1) is 22.4. The third kappa shape index (κ3) is 5.87. The van der Waals surface area contributed by atoms with Gasteiger partial charge in [0.2, 0.25) is 17.7 Å². The van der Waals surface area contributed by atoms with Crippen molar-refractivity contribution in [2.75, 3.05) is 18.4 Å². The van der Waals surface area contributed by atoms with Gasteiger partial charge in [-0.15, -0.1) is 10.2 Å². The number of nitro benzene ring substituents is 1. The summed E-state index contributed by atoms with van der Waals surface area (Å²) in [6.45, 7) is 4.62. The fraction of sp³-hybridized carbons (Fsp3) is 0.286. The molecule has 0 radical (unpaired) electrons. The summed E-state index contributed by atoms with van der Waals surface area (Å²) in [5, 5.41) is 22.5. The normalized spacial score (nSPS) is 11.0. The van der Waals surface area contributed by atoms with E-state index in [4.69, 9.17) is 16.0 Å². The maximum Gasteiger partial charge on any atom is 0.293 e. The summed E-state index contributed by atoms with van der Waals surface area (Å²) in [5.74, 6) is 0.278. The van der Waals surface area contributed by atoms with Crippen LogP contribution in [-0.4, -0.2) is 39.0 Å². The highest BCUT2D eigenvalue weighted by atomic mass is 35.5. The van der Waals surface area contributed by atoms with E-state index >= 15 is 0 Å². The molecule has 162 valence electrons. The van der Waals surface area contributed by atoms with E-state index in [9.17, 15) is 14.9 Å². The van der Waals surface area contributed by atoms with E-state index in [0.29, 0.717) is 28.9 Å².